The van der Waals surface area contributed by atoms with Crippen molar-refractivity contribution in [1.29, 1.82) is 0 Å². The van der Waals surface area contributed by atoms with Crippen molar-refractivity contribution >= 4 is 11.6 Å². The number of aromatic nitrogens is 2. The number of methoxy groups -OCH3 is 1. The molecule has 0 spiro atoms. The van der Waals surface area contributed by atoms with Crippen molar-refractivity contribution in [3.63, 3.8) is 0 Å². The minimum Gasteiger partial charge on any atom is -0.475 e. The quantitative estimate of drug-likeness (QED) is 0.583. The van der Waals surface area contributed by atoms with E-state index in [2.05, 4.69) is 17.3 Å². The molecule has 8 nitrogen and oxygen atoms in total. The first kappa shape index (κ1) is 18.3. The minimum absolute atomic E-state index is 0.0347. The molecule has 1 aromatic heterocycles. The minimum atomic E-state index is -0.551. The van der Waals surface area contributed by atoms with Gasteiger partial charge in [-0.05, 0) is 68.1 Å². The van der Waals surface area contributed by atoms with Gasteiger partial charge in [0.2, 0.25) is 5.91 Å². The summed E-state index contributed by atoms with van der Waals surface area (Å²) in [6.45, 7) is 2.11. The van der Waals surface area contributed by atoms with E-state index in [-0.39, 0.29) is 35.5 Å². The van der Waals surface area contributed by atoms with Gasteiger partial charge in [-0.1, -0.05) is 6.92 Å². The molecule has 1 N–H and O–H groups in total. The zero-order valence-corrected chi connectivity index (χ0v) is 16.0. The lowest BCUT2D eigenvalue weighted by Crippen LogP contribution is -2.57. The molecule has 4 aliphatic carbocycles. The van der Waals surface area contributed by atoms with Gasteiger partial charge in [-0.15, -0.1) is 5.10 Å². The zero-order chi connectivity index (χ0) is 19.2. The van der Waals surface area contributed by atoms with Gasteiger partial charge in [0, 0.05) is 6.04 Å². The zero-order valence-electron chi connectivity index (χ0n) is 16.0. The van der Waals surface area contributed by atoms with E-state index >= 15 is 0 Å². The Bertz CT molecular complexity index is 709. The molecule has 1 unspecified atom stereocenters. The smallest absolute Gasteiger partial charge is 0.350 e. The van der Waals surface area contributed by atoms with E-state index in [1.165, 1.54) is 56.5 Å². The van der Waals surface area contributed by atoms with Crippen LogP contribution in [0.4, 0.5) is 5.69 Å². The molecule has 0 aliphatic heterocycles. The van der Waals surface area contributed by atoms with E-state index in [9.17, 15) is 14.9 Å². The second kappa shape index (κ2) is 6.80. The van der Waals surface area contributed by atoms with Crippen molar-refractivity contribution in [1.82, 2.24) is 15.1 Å². The van der Waals surface area contributed by atoms with Gasteiger partial charge in [-0.25, -0.2) is 0 Å². The molecular weight excluding hydrogens is 348 g/mol. The summed E-state index contributed by atoms with van der Waals surface area (Å²) in [5.74, 6) is 2.29. The molecule has 0 aromatic carbocycles. The number of ether oxygens (including phenoxy) is 1. The molecule has 1 amide bonds. The lowest BCUT2D eigenvalue weighted by molar-refractivity contribution is -0.385. The molecule has 0 radical (unpaired) electrons. The summed E-state index contributed by atoms with van der Waals surface area (Å²) in [6, 6.07) is 0.172. The van der Waals surface area contributed by atoms with E-state index in [0.717, 1.165) is 24.2 Å². The highest BCUT2D eigenvalue weighted by Crippen LogP contribution is 2.61. The Morgan fingerprint density at radius 3 is 2.41 bits per heavy atom. The van der Waals surface area contributed by atoms with Gasteiger partial charge in [0.25, 0.3) is 0 Å². The Morgan fingerprint density at radius 1 is 1.37 bits per heavy atom. The third-order valence-corrected chi connectivity index (χ3v) is 6.97. The fourth-order valence-corrected chi connectivity index (χ4v) is 6.42. The van der Waals surface area contributed by atoms with Crippen LogP contribution in [0.5, 0.6) is 5.88 Å². The normalized spacial score (nSPS) is 32.3. The topological polar surface area (TPSA) is 99.3 Å². The summed E-state index contributed by atoms with van der Waals surface area (Å²) in [5, 5.41) is 18.3. The van der Waals surface area contributed by atoms with E-state index in [4.69, 9.17) is 4.74 Å². The van der Waals surface area contributed by atoms with Crippen molar-refractivity contribution in [2.75, 3.05) is 7.11 Å². The Labute approximate surface area is 158 Å². The van der Waals surface area contributed by atoms with Gasteiger partial charge in [-0.3, -0.25) is 19.6 Å². The maximum absolute atomic E-state index is 12.7. The predicted molar refractivity (Wildman–Crippen MR) is 98.3 cm³/mol. The van der Waals surface area contributed by atoms with Gasteiger partial charge in [0.15, 0.2) is 0 Å². The summed E-state index contributed by atoms with van der Waals surface area (Å²) in [6.07, 6.45) is 10.0. The molecule has 0 saturated heterocycles. The molecule has 5 rings (SSSR count). The molecule has 8 heteroatoms. The summed E-state index contributed by atoms with van der Waals surface area (Å²) in [5.41, 5.74) is 0.0193. The first-order valence-electron chi connectivity index (χ1n) is 9.97. The largest absolute Gasteiger partial charge is 0.475 e. The van der Waals surface area contributed by atoms with Crippen molar-refractivity contribution in [3.05, 3.63) is 16.3 Å². The molecule has 4 aliphatic rings. The van der Waals surface area contributed by atoms with Crippen molar-refractivity contribution in [2.45, 2.75) is 64.5 Å². The standard InChI is InChI=1S/C19H28N4O4/c1-3-16(19-7-12-4-13(8-19)6-14(5-12)9-19)20-17(24)11-22-10-15(23(25)26)18(21-22)27-2/h10,12-14,16H,3-9,11H2,1-2H3,(H,20,24). The molecule has 4 saturated carbocycles. The Kier molecular flexibility index (Phi) is 4.60. The van der Waals surface area contributed by atoms with Crippen LogP contribution in [0.3, 0.4) is 0 Å². The predicted octanol–water partition coefficient (Wildman–Crippen LogP) is 2.91. The molecular formula is C19H28N4O4. The molecule has 148 valence electrons. The highest BCUT2D eigenvalue weighted by molar-refractivity contribution is 5.76. The second-order valence-electron chi connectivity index (χ2n) is 8.79. The third-order valence-electron chi connectivity index (χ3n) is 6.97. The average molecular weight is 376 g/mol. The number of hydrogen-bond acceptors (Lipinski definition) is 5. The Hall–Kier alpha value is -2.12. The fourth-order valence-electron chi connectivity index (χ4n) is 6.42. The van der Waals surface area contributed by atoms with Crippen LogP contribution < -0.4 is 10.1 Å². The summed E-state index contributed by atoms with van der Waals surface area (Å²) < 4.78 is 6.22. The maximum atomic E-state index is 12.7. The number of nitrogens with zero attached hydrogens (tertiary/aromatic N) is 3. The van der Waals surface area contributed by atoms with Crippen molar-refractivity contribution in [3.8, 4) is 5.88 Å². The summed E-state index contributed by atoms with van der Waals surface area (Å²) in [7, 11) is 1.33. The van der Waals surface area contributed by atoms with Crippen molar-refractivity contribution in [2.24, 2.45) is 23.2 Å². The van der Waals surface area contributed by atoms with Crippen LogP contribution in [0.15, 0.2) is 6.20 Å². The number of hydrogen-bond donors (Lipinski definition) is 1. The number of nitrogens with one attached hydrogen (secondary N) is 1. The third kappa shape index (κ3) is 3.30. The van der Waals surface area contributed by atoms with E-state index in [0.29, 0.717) is 0 Å². The summed E-state index contributed by atoms with van der Waals surface area (Å²) in [4.78, 5) is 23.2. The Balaban J connectivity index is 1.45. The molecule has 1 atom stereocenters. The number of rotatable bonds is 7. The highest BCUT2D eigenvalue weighted by Gasteiger charge is 2.54. The monoisotopic (exact) mass is 376 g/mol. The van der Waals surface area contributed by atoms with Crippen LogP contribution in [0.1, 0.15) is 51.9 Å². The summed E-state index contributed by atoms with van der Waals surface area (Å²) >= 11 is 0. The molecule has 4 bridgehead atoms. The van der Waals surface area contributed by atoms with Gasteiger partial charge in [0.1, 0.15) is 12.7 Å². The SMILES string of the molecule is CCC(NC(=O)Cn1cc([N+](=O)[O-])c(OC)n1)C12CC3CC(CC(C3)C1)C2. The van der Waals surface area contributed by atoms with Gasteiger partial charge >= 0.3 is 11.6 Å². The first-order chi connectivity index (χ1) is 12.9. The number of nitro groups is 1. The molecule has 4 fully saturated rings. The van der Waals surface area contributed by atoms with Crippen LogP contribution in [-0.4, -0.2) is 33.8 Å². The van der Waals surface area contributed by atoms with Crippen molar-refractivity contribution < 1.29 is 14.5 Å². The first-order valence-corrected chi connectivity index (χ1v) is 9.97. The van der Waals surface area contributed by atoms with Crippen LogP contribution in [0.25, 0.3) is 0 Å². The Morgan fingerprint density at radius 2 is 1.96 bits per heavy atom. The van der Waals surface area contributed by atoms with E-state index in [1.54, 1.807) is 0 Å². The highest BCUT2D eigenvalue weighted by atomic mass is 16.6. The number of carbonyl (C=O) groups excluding carboxylic acids is 1. The van der Waals surface area contributed by atoms with Gasteiger partial charge in [-0.2, -0.15) is 0 Å². The van der Waals surface area contributed by atoms with Crippen LogP contribution >= 0.6 is 0 Å². The maximum Gasteiger partial charge on any atom is 0.350 e. The van der Waals surface area contributed by atoms with Gasteiger partial charge < -0.3 is 10.1 Å². The molecule has 1 aromatic rings. The molecule has 27 heavy (non-hydrogen) atoms. The van der Waals surface area contributed by atoms with Gasteiger partial charge in [0.05, 0.1) is 12.0 Å². The lowest BCUT2D eigenvalue weighted by Gasteiger charge is -2.59. The van der Waals surface area contributed by atoms with Crippen LogP contribution in [0, 0.1) is 33.3 Å². The molecule has 1 heterocycles. The van der Waals surface area contributed by atoms with Crippen LogP contribution in [0.2, 0.25) is 0 Å². The van der Waals surface area contributed by atoms with Crippen LogP contribution in [-0.2, 0) is 11.3 Å². The number of carbonyl (C=O) groups is 1. The lowest BCUT2D eigenvalue weighted by atomic mass is 9.47. The van der Waals surface area contributed by atoms with E-state index < -0.39 is 4.92 Å². The number of amides is 1. The fraction of sp³-hybridized carbons (Fsp3) is 0.789. The second-order valence-corrected chi connectivity index (χ2v) is 8.79. The van der Waals surface area contributed by atoms with E-state index in [1.807, 2.05) is 0 Å². The average Bonchev–Trinajstić information content (AvgIpc) is 3.01.